The fourth-order valence-corrected chi connectivity index (χ4v) is 1.99. The summed E-state index contributed by atoms with van der Waals surface area (Å²) in [5.41, 5.74) is 5.61. The Labute approximate surface area is 91.8 Å². The zero-order valence-corrected chi connectivity index (χ0v) is 9.74. The molecule has 1 aliphatic heterocycles. The van der Waals surface area contributed by atoms with Gasteiger partial charge in [-0.25, -0.2) is 0 Å². The molecule has 1 rings (SSSR count). The average molecular weight is 214 g/mol. The van der Waals surface area contributed by atoms with Crippen molar-refractivity contribution in [3.05, 3.63) is 0 Å². The molecule has 1 heterocycles. The van der Waals surface area contributed by atoms with Crippen LogP contribution in [0.4, 0.5) is 0 Å². The minimum atomic E-state index is -0.0300. The monoisotopic (exact) mass is 214 g/mol. The number of esters is 1. The molecule has 15 heavy (non-hydrogen) atoms. The highest BCUT2D eigenvalue weighted by molar-refractivity contribution is 5.72. The van der Waals surface area contributed by atoms with Crippen LogP contribution in [0, 0.1) is 5.92 Å². The summed E-state index contributed by atoms with van der Waals surface area (Å²) in [5, 5.41) is 0. The molecule has 0 aromatic carbocycles. The fourth-order valence-electron chi connectivity index (χ4n) is 1.99. The number of nitrogens with two attached hydrogens (primary N) is 1. The van der Waals surface area contributed by atoms with Crippen molar-refractivity contribution in [2.24, 2.45) is 11.7 Å². The van der Waals surface area contributed by atoms with Gasteiger partial charge in [0.1, 0.15) is 0 Å². The quantitative estimate of drug-likeness (QED) is 0.697. The van der Waals surface area contributed by atoms with E-state index in [1.807, 2.05) is 6.92 Å². The maximum atomic E-state index is 11.5. The number of rotatable bonds is 4. The molecule has 0 saturated carbocycles. The van der Waals surface area contributed by atoms with E-state index >= 15 is 0 Å². The molecule has 0 amide bonds. The molecule has 4 heteroatoms. The van der Waals surface area contributed by atoms with Gasteiger partial charge in [-0.05, 0) is 39.8 Å². The van der Waals surface area contributed by atoms with Crippen molar-refractivity contribution in [1.29, 1.82) is 0 Å². The molecular formula is C11H22N2O2. The van der Waals surface area contributed by atoms with Crippen LogP contribution in [0.5, 0.6) is 0 Å². The molecule has 1 aliphatic rings. The van der Waals surface area contributed by atoms with Crippen LogP contribution in [0.25, 0.3) is 0 Å². The predicted octanol–water partition coefficient (Wildman–Crippen LogP) is 0.609. The molecule has 1 saturated heterocycles. The van der Waals surface area contributed by atoms with Gasteiger partial charge in [-0.1, -0.05) is 0 Å². The third-order valence-electron chi connectivity index (χ3n) is 3.11. The Balaban J connectivity index is 2.32. The average Bonchev–Trinajstić information content (AvgIpc) is 2.28. The Morgan fingerprint density at radius 2 is 2.13 bits per heavy atom. The minimum Gasteiger partial charge on any atom is -0.466 e. The SMILES string of the molecule is CCOC(=O)C1CCN(C(C)CN)CC1. The van der Waals surface area contributed by atoms with Crippen LogP contribution in [0.1, 0.15) is 26.7 Å². The number of nitrogens with zero attached hydrogens (tertiary/aromatic N) is 1. The number of carbonyl (C=O) groups is 1. The molecule has 0 aromatic rings. The van der Waals surface area contributed by atoms with E-state index in [4.69, 9.17) is 10.5 Å². The first kappa shape index (κ1) is 12.5. The molecule has 0 radical (unpaired) electrons. The van der Waals surface area contributed by atoms with Crippen molar-refractivity contribution in [1.82, 2.24) is 4.90 Å². The summed E-state index contributed by atoms with van der Waals surface area (Å²) in [5.74, 6) is 0.0729. The standard InChI is InChI=1S/C11H22N2O2/c1-3-15-11(14)10-4-6-13(7-5-10)9(2)8-12/h9-10H,3-8,12H2,1-2H3. The van der Waals surface area contributed by atoms with Gasteiger partial charge < -0.3 is 10.5 Å². The largest absolute Gasteiger partial charge is 0.466 e. The maximum Gasteiger partial charge on any atom is 0.309 e. The summed E-state index contributed by atoms with van der Waals surface area (Å²) >= 11 is 0. The molecule has 0 aromatic heterocycles. The molecule has 2 N–H and O–H groups in total. The summed E-state index contributed by atoms with van der Waals surface area (Å²) in [7, 11) is 0. The van der Waals surface area contributed by atoms with Crippen molar-refractivity contribution in [2.75, 3.05) is 26.2 Å². The summed E-state index contributed by atoms with van der Waals surface area (Å²) in [6.45, 7) is 7.07. The summed E-state index contributed by atoms with van der Waals surface area (Å²) in [4.78, 5) is 13.8. The van der Waals surface area contributed by atoms with E-state index in [0.29, 0.717) is 19.2 Å². The Hall–Kier alpha value is -0.610. The van der Waals surface area contributed by atoms with Crippen LogP contribution in [0.3, 0.4) is 0 Å². The molecule has 1 atom stereocenters. The van der Waals surface area contributed by atoms with Gasteiger partial charge in [-0.15, -0.1) is 0 Å². The van der Waals surface area contributed by atoms with Crippen molar-refractivity contribution >= 4 is 5.97 Å². The van der Waals surface area contributed by atoms with Crippen LogP contribution in [-0.2, 0) is 9.53 Å². The van der Waals surface area contributed by atoms with Crippen molar-refractivity contribution in [3.63, 3.8) is 0 Å². The van der Waals surface area contributed by atoms with E-state index in [1.54, 1.807) is 0 Å². The topological polar surface area (TPSA) is 55.6 Å². The van der Waals surface area contributed by atoms with Gasteiger partial charge in [0, 0.05) is 12.6 Å². The lowest BCUT2D eigenvalue weighted by Crippen LogP contribution is -2.44. The van der Waals surface area contributed by atoms with Crippen LogP contribution < -0.4 is 5.73 Å². The van der Waals surface area contributed by atoms with Gasteiger partial charge in [-0.3, -0.25) is 9.69 Å². The first-order valence-corrected chi connectivity index (χ1v) is 5.79. The zero-order valence-electron chi connectivity index (χ0n) is 9.74. The number of carbonyl (C=O) groups excluding carboxylic acids is 1. The molecule has 0 aliphatic carbocycles. The van der Waals surface area contributed by atoms with E-state index < -0.39 is 0 Å². The van der Waals surface area contributed by atoms with Gasteiger partial charge in [-0.2, -0.15) is 0 Å². The number of ether oxygens (including phenoxy) is 1. The Morgan fingerprint density at radius 1 is 1.53 bits per heavy atom. The molecule has 4 nitrogen and oxygen atoms in total. The number of hydrogen-bond donors (Lipinski definition) is 1. The summed E-state index contributed by atoms with van der Waals surface area (Å²) < 4.78 is 5.02. The Morgan fingerprint density at radius 3 is 2.60 bits per heavy atom. The van der Waals surface area contributed by atoms with Crippen molar-refractivity contribution in [3.8, 4) is 0 Å². The summed E-state index contributed by atoms with van der Waals surface area (Å²) in [6, 6.07) is 0.424. The molecule has 1 fully saturated rings. The van der Waals surface area contributed by atoms with E-state index in [-0.39, 0.29) is 11.9 Å². The molecule has 0 spiro atoms. The van der Waals surface area contributed by atoms with Crippen molar-refractivity contribution < 1.29 is 9.53 Å². The smallest absolute Gasteiger partial charge is 0.309 e. The second-order valence-corrected chi connectivity index (χ2v) is 4.15. The van der Waals surface area contributed by atoms with Crippen LogP contribution in [0.2, 0.25) is 0 Å². The fraction of sp³-hybridized carbons (Fsp3) is 0.909. The Bertz CT molecular complexity index is 201. The molecule has 0 bridgehead atoms. The maximum absolute atomic E-state index is 11.5. The number of piperidine rings is 1. The summed E-state index contributed by atoms with van der Waals surface area (Å²) in [6.07, 6.45) is 1.81. The second kappa shape index (κ2) is 6.08. The van der Waals surface area contributed by atoms with E-state index in [9.17, 15) is 4.79 Å². The first-order valence-electron chi connectivity index (χ1n) is 5.79. The second-order valence-electron chi connectivity index (χ2n) is 4.15. The van der Waals surface area contributed by atoms with Crippen molar-refractivity contribution in [2.45, 2.75) is 32.7 Å². The third-order valence-corrected chi connectivity index (χ3v) is 3.11. The number of likely N-dealkylation sites (tertiary alicyclic amines) is 1. The predicted molar refractivity (Wildman–Crippen MR) is 59.4 cm³/mol. The highest BCUT2D eigenvalue weighted by Crippen LogP contribution is 2.19. The highest BCUT2D eigenvalue weighted by atomic mass is 16.5. The zero-order chi connectivity index (χ0) is 11.3. The van der Waals surface area contributed by atoms with Gasteiger partial charge in [0.25, 0.3) is 0 Å². The van der Waals surface area contributed by atoms with E-state index in [0.717, 1.165) is 25.9 Å². The third kappa shape index (κ3) is 3.47. The van der Waals surface area contributed by atoms with Crippen LogP contribution in [0.15, 0.2) is 0 Å². The lowest BCUT2D eigenvalue weighted by atomic mass is 9.96. The van der Waals surface area contributed by atoms with Gasteiger partial charge in [0.2, 0.25) is 0 Å². The van der Waals surface area contributed by atoms with Gasteiger partial charge in [0.05, 0.1) is 12.5 Å². The van der Waals surface area contributed by atoms with Crippen LogP contribution in [-0.4, -0.2) is 43.2 Å². The molecular weight excluding hydrogens is 192 g/mol. The first-order chi connectivity index (χ1) is 7.19. The van der Waals surface area contributed by atoms with Gasteiger partial charge in [0.15, 0.2) is 0 Å². The molecule has 88 valence electrons. The van der Waals surface area contributed by atoms with E-state index in [2.05, 4.69) is 11.8 Å². The molecule has 1 unspecified atom stereocenters. The Kier molecular flexibility index (Phi) is 5.05. The lowest BCUT2D eigenvalue weighted by molar-refractivity contribution is -0.149. The lowest BCUT2D eigenvalue weighted by Gasteiger charge is -2.34. The van der Waals surface area contributed by atoms with Gasteiger partial charge >= 0.3 is 5.97 Å². The number of hydrogen-bond acceptors (Lipinski definition) is 4. The van der Waals surface area contributed by atoms with Crippen LogP contribution >= 0.6 is 0 Å². The highest BCUT2D eigenvalue weighted by Gasteiger charge is 2.27. The van der Waals surface area contributed by atoms with E-state index in [1.165, 1.54) is 0 Å². The normalized spacial score (nSPS) is 21.3. The minimum absolute atomic E-state index is 0.0300.